The van der Waals surface area contributed by atoms with Crippen LogP contribution in [0.2, 0.25) is 0 Å². The second-order valence-corrected chi connectivity index (χ2v) is 14.2. The van der Waals surface area contributed by atoms with E-state index in [1.54, 1.807) is 0 Å². The van der Waals surface area contributed by atoms with Crippen LogP contribution in [-0.4, -0.2) is 5.71 Å². The molecule has 0 heterocycles. The van der Waals surface area contributed by atoms with Gasteiger partial charge in [-0.25, -0.2) is 4.99 Å². The molecule has 0 aliphatic heterocycles. The van der Waals surface area contributed by atoms with Gasteiger partial charge in [-0.15, -0.1) is 0 Å². The Morgan fingerprint density at radius 3 is 2.04 bits per heavy atom. The Labute approximate surface area is 321 Å². The summed E-state index contributed by atoms with van der Waals surface area (Å²) < 4.78 is 0. The van der Waals surface area contributed by atoms with Crippen molar-refractivity contribution in [1.82, 2.24) is 0 Å². The summed E-state index contributed by atoms with van der Waals surface area (Å²) in [5, 5.41) is 0. The smallest absolute Gasteiger partial charge is 0.0712 e. The van der Waals surface area contributed by atoms with E-state index in [-0.39, 0.29) is 0 Å². The highest BCUT2D eigenvalue weighted by atomic mass is 14.8. The van der Waals surface area contributed by atoms with Crippen LogP contribution in [0.4, 0.5) is 0 Å². The summed E-state index contributed by atoms with van der Waals surface area (Å²) in [6.07, 6.45) is 13.0. The summed E-state index contributed by atoms with van der Waals surface area (Å²) in [5.74, 6) is 0. The summed E-state index contributed by atoms with van der Waals surface area (Å²) in [6.45, 7) is 17.4. The third-order valence-electron chi connectivity index (χ3n) is 10.6. The van der Waals surface area contributed by atoms with Crippen LogP contribution in [0.25, 0.3) is 56.3 Å². The lowest BCUT2D eigenvalue weighted by molar-refractivity contribution is 1.05. The van der Waals surface area contributed by atoms with Crippen molar-refractivity contribution in [2.24, 2.45) is 4.99 Å². The Morgan fingerprint density at radius 2 is 1.33 bits per heavy atom. The molecule has 0 atom stereocenters. The Hall–Kier alpha value is -6.31. The minimum atomic E-state index is 0.737. The fourth-order valence-corrected chi connectivity index (χ4v) is 7.57. The number of aryl methyl sites for hydroxylation is 2. The quantitative estimate of drug-likeness (QED) is 0.126. The number of benzene rings is 6. The van der Waals surface area contributed by atoms with Crippen LogP contribution >= 0.6 is 0 Å². The minimum absolute atomic E-state index is 0.737. The van der Waals surface area contributed by atoms with Crippen molar-refractivity contribution in [2.45, 2.75) is 40.5 Å². The number of aliphatic imine (C=N–C) groups is 1. The van der Waals surface area contributed by atoms with E-state index < -0.39 is 0 Å². The van der Waals surface area contributed by atoms with Gasteiger partial charge >= 0.3 is 0 Å². The number of hydrogen-bond donors (Lipinski definition) is 0. The van der Waals surface area contributed by atoms with Crippen LogP contribution in [0.15, 0.2) is 176 Å². The van der Waals surface area contributed by atoms with E-state index in [2.05, 4.69) is 174 Å². The van der Waals surface area contributed by atoms with Gasteiger partial charge < -0.3 is 0 Å². The summed E-state index contributed by atoms with van der Waals surface area (Å²) in [4.78, 5) is 5.12. The molecule has 0 amide bonds. The van der Waals surface area contributed by atoms with E-state index in [0.29, 0.717) is 0 Å². The minimum Gasteiger partial charge on any atom is -0.248 e. The van der Waals surface area contributed by atoms with Crippen molar-refractivity contribution < 1.29 is 0 Å². The number of hydrogen-bond acceptors (Lipinski definition) is 1. The lowest BCUT2D eigenvalue weighted by Gasteiger charge is -2.20. The van der Waals surface area contributed by atoms with E-state index in [4.69, 9.17) is 4.99 Å². The average molecular weight is 698 g/mol. The fraction of sp³-hybridized carbons (Fsp3) is 0.113. The van der Waals surface area contributed by atoms with Gasteiger partial charge in [-0.05, 0) is 142 Å². The molecule has 0 fully saturated rings. The van der Waals surface area contributed by atoms with Crippen molar-refractivity contribution >= 4 is 28.6 Å². The van der Waals surface area contributed by atoms with Gasteiger partial charge in [-0.3, -0.25) is 0 Å². The highest BCUT2D eigenvalue weighted by Crippen LogP contribution is 2.41. The molecular weight excluding hydrogens is 651 g/mol. The predicted molar refractivity (Wildman–Crippen MR) is 236 cm³/mol. The molecule has 1 heteroatoms. The first-order chi connectivity index (χ1) is 26.3. The molecule has 0 spiro atoms. The molecule has 0 N–H and O–H groups in total. The molecule has 0 bridgehead atoms. The summed E-state index contributed by atoms with van der Waals surface area (Å²) in [6, 6.07) is 47.6. The SMILES string of the molecule is C=Cc1cccc(C2=CC=CCC2)c1-c1cccc(-c2ccc(C)c(-c3ccc(C(/C=C(\C)c4ccccc4)=NC(=C)c4ccccc4)cc3C)c2)c1C. The van der Waals surface area contributed by atoms with Crippen molar-refractivity contribution in [2.75, 3.05) is 0 Å². The number of allylic oxidation sites excluding steroid dienone is 6. The largest absolute Gasteiger partial charge is 0.248 e. The lowest BCUT2D eigenvalue weighted by atomic mass is 9.83. The van der Waals surface area contributed by atoms with Gasteiger partial charge in [0.05, 0.1) is 11.4 Å². The van der Waals surface area contributed by atoms with Gasteiger partial charge in [-0.2, -0.15) is 0 Å². The third kappa shape index (κ3) is 7.58. The van der Waals surface area contributed by atoms with Crippen LogP contribution in [0.1, 0.15) is 64.3 Å². The van der Waals surface area contributed by atoms with Gasteiger partial charge in [0, 0.05) is 5.56 Å². The van der Waals surface area contributed by atoms with Gasteiger partial charge in [0.25, 0.3) is 0 Å². The zero-order valence-electron chi connectivity index (χ0n) is 31.9. The molecule has 0 radical (unpaired) electrons. The predicted octanol–water partition coefficient (Wildman–Crippen LogP) is 14.6. The van der Waals surface area contributed by atoms with Crippen molar-refractivity contribution in [1.29, 1.82) is 0 Å². The second-order valence-electron chi connectivity index (χ2n) is 14.2. The Morgan fingerprint density at radius 1 is 0.630 bits per heavy atom. The molecule has 0 saturated heterocycles. The van der Waals surface area contributed by atoms with Crippen LogP contribution in [0, 0.1) is 20.8 Å². The molecule has 7 rings (SSSR count). The Balaban J connectivity index is 1.29. The van der Waals surface area contributed by atoms with Crippen molar-refractivity contribution in [3.05, 3.63) is 215 Å². The average Bonchev–Trinajstić information content (AvgIpc) is 3.21. The molecule has 1 aliphatic carbocycles. The molecule has 6 aromatic rings. The molecule has 264 valence electrons. The van der Waals surface area contributed by atoms with Crippen LogP contribution < -0.4 is 0 Å². The molecule has 1 aliphatic rings. The second kappa shape index (κ2) is 16.1. The molecule has 54 heavy (non-hydrogen) atoms. The maximum absolute atomic E-state index is 5.12. The first kappa shape index (κ1) is 36.1. The zero-order valence-corrected chi connectivity index (χ0v) is 31.9. The summed E-state index contributed by atoms with van der Waals surface area (Å²) in [5.41, 5.74) is 20.9. The van der Waals surface area contributed by atoms with E-state index >= 15 is 0 Å². The maximum atomic E-state index is 5.12. The van der Waals surface area contributed by atoms with E-state index in [1.807, 2.05) is 30.3 Å². The van der Waals surface area contributed by atoms with E-state index in [1.165, 1.54) is 66.8 Å². The highest BCUT2D eigenvalue weighted by Gasteiger charge is 2.18. The fourth-order valence-electron chi connectivity index (χ4n) is 7.57. The van der Waals surface area contributed by atoms with E-state index in [0.717, 1.165) is 46.5 Å². The molecule has 1 nitrogen and oxygen atoms in total. The Bertz CT molecular complexity index is 2490. The number of nitrogens with zero attached hydrogens (tertiary/aromatic N) is 1. The van der Waals surface area contributed by atoms with Crippen LogP contribution in [-0.2, 0) is 0 Å². The zero-order chi connectivity index (χ0) is 37.6. The molecule has 0 aromatic heterocycles. The lowest BCUT2D eigenvalue weighted by Crippen LogP contribution is -2.01. The molecule has 6 aromatic carbocycles. The Kier molecular flexibility index (Phi) is 10.8. The first-order valence-corrected chi connectivity index (χ1v) is 18.8. The standard InChI is InChI=1S/C53H47N/c1-7-41-25-17-28-50(44-23-15-10-16-24-44)53(41)49-27-18-26-48(39(49)5)45-30-29-36(2)51(35-45)47-32-31-46(33-38(47)4)52(34-37(3)42-19-11-8-12-20-42)54-40(6)43-21-13-9-14-22-43/h7-15,17-23,25-35H,1,6,16,24H2,2-5H3/b37-34+,54-52?. The topological polar surface area (TPSA) is 12.4 Å². The molecule has 0 saturated carbocycles. The first-order valence-electron chi connectivity index (χ1n) is 18.8. The monoisotopic (exact) mass is 697 g/mol. The molecule has 0 unspecified atom stereocenters. The number of rotatable bonds is 10. The van der Waals surface area contributed by atoms with E-state index in [9.17, 15) is 0 Å². The normalized spacial score (nSPS) is 13.1. The van der Waals surface area contributed by atoms with Gasteiger partial charge in [0.1, 0.15) is 0 Å². The van der Waals surface area contributed by atoms with Crippen LogP contribution in [0.5, 0.6) is 0 Å². The van der Waals surface area contributed by atoms with Crippen molar-refractivity contribution in [3.63, 3.8) is 0 Å². The third-order valence-corrected chi connectivity index (χ3v) is 10.6. The van der Waals surface area contributed by atoms with Gasteiger partial charge in [0.15, 0.2) is 0 Å². The van der Waals surface area contributed by atoms with Crippen LogP contribution in [0.3, 0.4) is 0 Å². The molecular formula is C53H47N. The highest BCUT2D eigenvalue weighted by molar-refractivity contribution is 6.14. The maximum Gasteiger partial charge on any atom is 0.0712 e. The van der Waals surface area contributed by atoms with Gasteiger partial charge in [0.2, 0.25) is 0 Å². The summed E-state index contributed by atoms with van der Waals surface area (Å²) in [7, 11) is 0. The van der Waals surface area contributed by atoms with Gasteiger partial charge in [-0.1, -0.05) is 159 Å². The van der Waals surface area contributed by atoms with Crippen molar-refractivity contribution in [3.8, 4) is 33.4 Å². The summed E-state index contributed by atoms with van der Waals surface area (Å²) >= 11 is 0.